The SMILES string of the molecule is CCNC(=NCc1ccc(OCc2ccccc2)cc1)NCCCOC1CCOC1.I. The summed E-state index contributed by atoms with van der Waals surface area (Å²) in [6.45, 7) is 7.20. The third-order valence-electron chi connectivity index (χ3n) is 4.79. The molecule has 1 atom stereocenters. The van der Waals surface area contributed by atoms with Gasteiger partial charge in [-0.3, -0.25) is 0 Å². The first-order valence-electron chi connectivity index (χ1n) is 10.8. The predicted molar refractivity (Wildman–Crippen MR) is 135 cm³/mol. The fourth-order valence-corrected chi connectivity index (χ4v) is 3.12. The van der Waals surface area contributed by atoms with Gasteiger partial charge in [0.25, 0.3) is 0 Å². The van der Waals surface area contributed by atoms with Gasteiger partial charge in [-0.2, -0.15) is 0 Å². The van der Waals surface area contributed by atoms with Gasteiger partial charge < -0.3 is 24.8 Å². The van der Waals surface area contributed by atoms with E-state index >= 15 is 0 Å². The second-order valence-electron chi connectivity index (χ2n) is 7.25. The molecule has 1 heterocycles. The molecule has 1 unspecified atom stereocenters. The Bertz CT molecular complexity index is 750. The van der Waals surface area contributed by atoms with Gasteiger partial charge in [-0.25, -0.2) is 4.99 Å². The van der Waals surface area contributed by atoms with E-state index in [1.54, 1.807) is 0 Å². The van der Waals surface area contributed by atoms with Crippen LogP contribution in [0.5, 0.6) is 5.75 Å². The van der Waals surface area contributed by atoms with Crippen molar-refractivity contribution in [2.24, 2.45) is 4.99 Å². The lowest BCUT2D eigenvalue weighted by atomic mass is 10.2. The number of halogens is 1. The van der Waals surface area contributed by atoms with Crippen LogP contribution in [0.25, 0.3) is 0 Å². The molecule has 0 aromatic heterocycles. The number of ether oxygens (including phenoxy) is 3. The molecule has 31 heavy (non-hydrogen) atoms. The van der Waals surface area contributed by atoms with Gasteiger partial charge in [0.15, 0.2) is 5.96 Å². The van der Waals surface area contributed by atoms with Gasteiger partial charge in [0.1, 0.15) is 12.4 Å². The number of nitrogens with one attached hydrogen (secondary N) is 2. The molecule has 6 nitrogen and oxygen atoms in total. The Morgan fingerprint density at radius 2 is 1.87 bits per heavy atom. The van der Waals surface area contributed by atoms with Gasteiger partial charge in [0.05, 0.1) is 19.3 Å². The monoisotopic (exact) mass is 539 g/mol. The molecule has 0 aliphatic carbocycles. The molecule has 0 amide bonds. The number of benzene rings is 2. The van der Waals surface area contributed by atoms with Crippen LogP contribution in [0.15, 0.2) is 59.6 Å². The maximum Gasteiger partial charge on any atom is 0.191 e. The van der Waals surface area contributed by atoms with Crippen molar-refractivity contribution in [1.29, 1.82) is 0 Å². The average Bonchev–Trinajstić information content (AvgIpc) is 3.31. The number of aliphatic imine (C=N–C) groups is 1. The summed E-state index contributed by atoms with van der Waals surface area (Å²) in [5.41, 5.74) is 2.30. The Labute approximate surface area is 202 Å². The molecule has 1 aliphatic rings. The lowest BCUT2D eigenvalue weighted by Gasteiger charge is -2.13. The van der Waals surface area contributed by atoms with E-state index in [9.17, 15) is 0 Å². The largest absolute Gasteiger partial charge is 0.489 e. The van der Waals surface area contributed by atoms with Gasteiger partial charge in [0.2, 0.25) is 0 Å². The minimum Gasteiger partial charge on any atom is -0.489 e. The third kappa shape index (κ3) is 9.88. The van der Waals surface area contributed by atoms with E-state index in [1.165, 1.54) is 0 Å². The highest BCUT2D eigenvalue weighted by molar-refractivity contribution is 14.0. The Balaban J connectivity index is 0.00000341. The molecule has 7 heteroatoms. The van der Waals surface area contributed by atoms with Gasteiger partial charge in [-0.15, -0.1) is 24.0 Å². The molecule has 170 valence electrons. The topological polar surface area (TPSA) is 64.1 Å². The molecular weight excluding hydrogens is 505 g/mol. The summed E-state index contributed by atoms with van der Waals surface area (Å²) in [5, 5.41) is 6.66. The first-order chi connectivity index (χ1) is 14.8. The van der Waals surface area contributed by atoms with Crippen LogP contribution in [0.2, 0.25) is 0 Å². The number of hydrogen-bond acceptors (Lipinski definition) is 4. The molecule has 2 aromatic rings. The van der Waals surface area contributed by atoms with E-state index in [4.69, 9.17) is 14.2 Å². The van der Waals surface area contributed by atoms with Crippen LogP contribution < -0.4 is 15.4 Å². The van der Waals surface area contributed by atoms with Crippen LogP contribution in [0.4, 0.5) is 0 Å². The Hall–Kier alpha value is -1.84. The number of rotatable bonds is 11. The second kappa shape index (κ2) is 15.0. The van der Waals surface area contributed by atoms with E-state index in [-0.39, 0.29) is 30.1 Å². The first kappa shape index (κ1) is 25.4. The van der Waals surface area contributed by atoms with Crippen LogP contribution in [-0.2, 0) is 22.6 Å². The van der Waals surface area contributed by atoms with Crippen molar-refractivity contribution in [3.8, 4) is 5.75 Å². The molecule has 0 radical (unpaired) electrons. The lowest BCUT2D eigenvalue weighted by Crippen LogP contribution is -2.38. The standard InChI is InChI=1S/C24H33N3O3.HI/c1-2-25-24(26-14-6-15-29-23-13-16-28-19-23)27-17-20-9-11-22(12-10-20)30-18-21-7-4-3-5-8-21;/h3-5,7-12,23H,2,6,13-19H2,1H3,(H2,25,26,27);1H. The highest BCUT2D eigenvalue weighted by atomic mass is 127. The van der Waals surface area contributed by atoms with Crippen LogP contribution in [0, 0.1) is 0 Å². The molecule has 1 fully saturated rings. The average molecular weight is 539 g/mol. The fraction of sp³-hybridized carbons (Fsp3) is 0.458. The Morgan fingerprint density at radius 1 is 1.06 bits per heavy atom. The molecule has 2 aromatic carbocycles. The van der Waals surface area contributed by atoms with E-state index in [0.29, 0.717) is 13.2 Å². The zero-order valence-corrected chi connectivity index (χ0v) is 20.5. The van der Waals surface area contributed by atoms with Crippen molar-refractivity contribution in [2.75, 3.05) is 32.9 Å². The van der Waals surface area contributed by atoms with E-state index in [1.807, 2.05) is 30.3 Å². The van der Waals surface area contributed by atoms with E-state index < -0.39 is 0 Å². The normalized spacial score (nSPS) is 15.9. The molecule has 0 spiro atoms. The van der Waals surface area contributed by atoms with Crippen LogP contribution in [0.1, 0.15) is 30.9 Å². The number of guanidine groups is 1. The predicted octanol–water partition coefficient (Wildman–Crippen LogP) is 4.13. The van der Waals surface area contributed by atoms with Gasteiger partial charge >= 0.3 is 0 Å². The molecule has 3 rings (SSSR count). The second-order valence-corrected chi connectivity index (χ2v) is 7.25. The van der Waals surface area contributed by atoms with Crippen molar-refractivity contribution < 1.29 is 14.2 Å². The molecular formula is C24H34IN3O3. The van der Waals surface area contributed by atoms with Crippen molar-refractivity contribution in [3.05, 3.63) is 65.7 Å². The maximum atomic E-state index is 5.84. The lowest BCUT2D eigenvalue weighted by molar-refractivity contribution is 0.0420. The van der Waals surface area contributed by atoms with Crippen molar-refractivity contribution in [2.45, 2.75) is 39.0 Å². The first-order valence-corrected chi connectivity index (χ1v) is 10.8. The van der Waals surface area contributed by atoms with E-state index in [0.717, 1.165) is 68.6 Å². The zero-order valence-electron chi connectivity index (χ0n) is 18.2. The summed E-state index contributed by atoms with van der Waals surface area (Å²) in [5.74, 6) is 1.69. The third-order valence-corrected chi connectivity index (χ3v) is 4.79. The minimum absolute atomic E-state index is 0. The maximum absolute atomic E-state index is 5.84. The number of nitrogens with zero attached hydrogens (tertiary/aromatic N) is 1. The quantitative estimate of drug-likeness (QED) is 0.195. The molecule has 0 bridgehead atoms. The Kier molecular flexibility index (Phi) is 12.3. The van der Waals surface area contributed by atoms with Crippen LogP contribution in [0.3, 0.4) is 0 Å². The van der Waals surface area contributed by atoms with Crippen molar-refractivity contribution in [3.63, 3.8) is 0 Å². The molecule has 1 aliphatic heterocycles. The van der Waals surface area contributed by atoms with Gasteiger partial charge in [-0.05, 0) is 43.0 Å². The Morgan fingerprint density at radius 3 is 2.58 bits per heavy atom. The zero-order chi connectivity index (χ0) is 20.9. The highest BCUT2D eigenvalue weighted by Gasteiger charge is 2.15. The molecule has 1 saturated heterocycles. The summed E-state index contributed by atoms with van der Waals surface area (Å²) < 4.78 is 17.0. The number of hydrogen-bond donors (Lipinski definition) is 2. The van der Waals surface area contributed by atoms with Crippen molar-refractivity contribution >= 4 is 29.9 Å². The smallest absolute Gasteiger partial charge is 0.191 e. The summed E-state index contributed by atoms with van der Waals surface area (Å²) in [7, 11) is 0. The van der Waals surface area contributed by atoms with Crippen molar-refractivity contribution in [1.82, 2.24) is 10.6 Å². The summed E-state index contributed by atoms with van der Waals surface area (Å²) >= 11 is 0. The minimum atomic E-state index is 0. The van der Waals surface area contributed by atoms with E-state index in [2.05, 4.69) is 46.8 Å². The highest BCUT2D eigenvalue weighted by Crippen LogP contribution is 2.15. The van der Waals surface area contributed by atoms with Crippen LogP contribution >= 0.6 is 24.0 Å². The molecule has 2 N–H and O–H groups in total. The summed E-state index contributed by atoms with van der Waals surface area (Å²) in [6.07, 6.45) is 2.22. The van der Waals surface area contributed by atoms with Gasteiger partial charge in [-0.1, -0.05) is 42.5 Å². The summed E-state index contributed by atoms with van der Waals surface area (Å²) in [6, 6.07) is 18.3. The van der Waals surface area contributed by atoms with Crippen LogP contribution in [-0.4, -0.2) is 45.0 Å². The fourth-order valence-electron chi connectivity index (χ4n) is 3.12. The molecule has 0 saturated carbocycles. The van der Waals surface area contributed by atoms with Gasteiger partial charge in [0, 0.05) is 26.3 Å². The summed E-state index contributed by atoms with van der Waals surface area (Å²) in [4.78, 5) is 4.67.